The van der Waals surface area contributed by atoms with E-state index in [1.807, 2.05) is 0 Å². The minimum atomic E-state index is -3.10. The number of hydrogen-bond donors (Lipinski definition) is 1. The number of hydrogen-bond acceptors (Lipinski definition) is 3. The number of carboxylic acids is 1. The second-order valence-electron chi connectivity index (χ2n) is 3.80. The molecule has 0 atom stereocenters. The highest BCUT2D eigenvalue weighted by atomic mass is 35.5. The molecule has 1 aromatic heterocycles. The van der Waals surface area contributed by atoms with E-state index in [2.05, 4.69) is 10.3 Å². The molecule has 1 N–H and O–H groups in total. The van der Waals surface area contributed by atoms with Crippen molar-refractivity contribution in [2.45, 2.75) is 13.0 Å². The quantitative estimate of drug-likeness (QED) is 0.943. The third-order valence-electron chi connectivity index (χ3n) is 2.53. The monoisotopic (exact) mass is 305 g/mol. The van der Waals surface area contributed by atoms with Crippen LogP contribution in [0.4, 0.5) is 13.2 Å². The van der Waals surface area contributed by atoms with Crippen LogP contribution in [0.15, 0.2) is 18.2 Å². The molecule has 1 aromatic carbocycles. The van der Waals surface area contributed by atoms with Crippen molar-refractivity contribution in [3.05, 3.63) is 46.0 Å². The first-order chi connectivity index (χ1) is 9.41. The van der Waals surface area contributed by atoms with Crippen LogP contribution in [0.3, 0.4) is 0 Å². The van der Waals surface area contributed by atoms with Gasteiger partial charge in [0.2, 0.25) is 0 Å². The van der Waals surface area contributed by atoms with Crippen molar-refractivity contribution in [1.82, 2.24) is 15.0 Å². The number of aromatic nitrogens is 3. The third-order valence-corrected chi connectivity index (χ3v) is 2.83. The van der Waals surface area contributed by atoms with Gasteiger partial charge in [-0.25, -0.2) is 22.6 Å². The van der Waals surface area contributed by atoms with Gasteiger partial charge in [0.25, 0.3) is 6.43 Å². The Balaban J connectivity index is 2.44. The van der Waals surface area contributed by atoms with E-state index in [0.717, 1.165) is 0 Å². The summed E-state index contributed by atoms with van der Waals surface area (Å²) < 4.78 is 40.1. The van der Waals surface area contributed by atoms with Crippen LogP contribution in [0, 0.1) is 5.82 Å². The van der Waals surface area contributed by atoms with Gasteiger partial charge in [0, 0.05) is 5.56 Å². The van der Waals surface area contributed by atoms with Gasteiger partial charge in [0.05, 0.1) is 11.6 Å². The Kier molecular flexibility index (Phi) is 3.93. The second kappa shape index (κ2) is 5.49. The summed E-state index contributed by atoms with van der Waals surface area (Å²) in [6, 6.07) is 4.08. The molecule has 1 heterocycles. The molecular formula is C11H7ClF3N3O2. The first-order valence-electron chi connectivity index (χ1n) is 5.29. The van der Waals surface area contributed by atoms with Gasteiger partial charge in [-0.15, -0.1) is 5.10 Å². The van der Waals surface area contributed by atoms with Crippen molar-refractivity contribution in [3.8, 4) is 0 Å². The summed E-state index contributed by atoms with van der Waals surface area (Å²) in [6.45, 7) is -0.396. The number of alkyl halides is 2. The highest BCUT2D eigenvalue weighted by Crippen LogP contribution is 2.24. The van der Waals surface area contributed by atoms with Gasteiger partial charge in [0.1, 0.15) is 11.5 Å². The van der Waals surface area contributed by atoms with Crippen LogP contribution >= 0.6 is 11.6 Å². The first-order valence-corrected chi connectivity index (χ1v) is 5.67. The summed E-state index contributed by atoms with van der Waals surface area (Å²) in [6.07, 6.45) is -3.10. The molecule has 0 aliphatic rings. The lowest BCUT2D eigenvalue weighted by atomic mass is 10.2. The SMILES string of the molecule is O=C(O)c1nnn(Cc2cccc(Cl)c2F)c1C(F)F. The topological polar surface area (TPSA) is 68.0 Å². The summed E-state index contributed by atoms with van der Waals surface area (Å²) >= 11 is 5.58. The van der Waals surface area contributed by atoms with E-state index in [9.17, 15) is 18.0 Å². The van der Waals surface area contributed by atoms with E-state index in [-0.39, 0.29) is 10.6 Å². The van der Waals surface area contributed by atoms with Gasteiger partial charge in [0.15, 0.2) is 5.69 Å². The highest BCUT2D eigenvalue weighted by Gasteiger charge is 2.26. The predicted octanol–water partition coefficient (Wildman–Crippen LogP) is 2.75. The molecule has 0 amide bonds. The molecule has 0 aliphatic carbocycles. The Morgan fingerprint density at radius 2 is 2.15 bits per heavy atom. The van der Waals surface area contributed by atoms with E-state index >= 15 is 0 Å². The molecule has 0 fully saturated rings. The van der Waals surface area contributed by atoms with E-state index in [1.165, 1.54) is 18.2 Å². The summed E-state index contributed by atoms with van der Waals surface area (Å²) in [5.74, 6) is -2.40. The third kappa shape index (κ3) is 2.60. The Bertz CT molecular complexity index is 660. The Morgan fingerprint density at radius 3 is 2.75 bits per heavy atom. The standard InChI is InChI=1S/C11H7ClF3N3O2/c12-6-3-1-2-5(7(6)13)4-18-9(10(14)15)8(11(19)20)16-17-18/h1-3,10H,4H2,(H,19,20). The van der Waals surface area contributed by atoms with Gasteiger partial charge in [-0.1, -0.05) is 28.9 Å². The lowest BCUT2D eigenvalue weighted by Gasteiger charge is -2.07. The Labute approximate surface area is 115 Å². The number of carbonyl (C=O) groups is 1. The Morgan fingerprint density at radius 1 is 1.45 bits per heavy atom. The number of carboxylic acid groups (broad SMARTS) is 1. The van der Waals surface area contributed by atoms with Crippen LogP contribution in [-0.4, -0.2) is 26.1 Å². The maximum absolute atomic E-state index is 13.7. The van der Waals surface area contributed by atoms with E-state index < -0.39 is 36.1 Å². The summed E-state index contributed by atoms with van der Waals surface area (Å²) in [7, 11) is 0. The van der Waals surface area contributed by atoms with Crippen molar-refractivity contribution < 1.29 is 23.1 Å². The van der Waals surface area contributed by atoms with Crippen LogP contribution in [0.1, 0.15) is 28.2 Å². The zero-order valence-electron chi connectivity index (χ0n) is 9.73. The first kappa shape index (κ1) is 14.3. The molecule has 0 aliphatic heterocycles. The average Bonchev–Trinajstić information content (AvgIpc) is 2.79. The lowest BCUT2D eigenvalue weighted by molar-refractivity contribution is 0.0675. The molecule has 20 heavy (non-hydrogen) atoms. The smallest absolute Gasteiger partial charge is 0.358 e. The van der Waals surface area contributed by atoms with Crippen molar-refractivity contribution >= 4 is 17.6 Å². The van der Waals surface area contributed by atoms with Crippen molar-refractivity contribution in [3.63, 3.8) is 0 Å². The Hall–Kier alpha value is -2.09. The summed E-state index contributed by atoms with van der Waals surface area (Å²) in [5.41, 5.74) is -1.74. The number of benzene rings is 1. The fourth-order valence-corrected chi connectivity index (χ4v) is 1.83. The molecule has 0 unspecified atom stereocenters. The fraction of sp³-hybridized carbons (Fsp3) is 0.182. The maximum Gasteiger partial charge on any atom is 0.358 e. The average molecular weight is 306 g/mol. The molecule has 5 nitrogen and oxygen atoms in total. The zero-order valence-corrected chi connectivity index (χ0v) is 10.5. The van der Waals surface area contributed by atoms with Crippen LogP contribution in [0.5, 0.6) is 0 Å². The van der Waals surface area contributed by atoms with Crippen LogP contribution in [0.25, 0.3) is 0 Å². The zero-order chi connectivity index (χ0) is 14.9. The van der Waals surface area contributed by atoms with E-state index in [4.69, 9.17) is 16.7 Å². The van der Waals surface area contributed by atoms with Crippen LogP contribution in [-0.2, 0) is 6.54 Å². The molecular weight excluding hydrogens is 299 g/mol. The molecule has 2 rings (SSSR count). The molecule has 0 spiro atoms. The molecule has 106 valence electrons. The summed E-state index contributed by atoms with van der Waals surface area (Å²) in [5, 5.41) is 15.1. The number of nitrogens with zero attached hydrogens (tertiary/aromatic N) is 3. The van der Waals surface area contributed by atoms with Gasteiger partial charge in [-0.3, -0.25) is 0 Å². The maximum atomic E-state index is 13.7. The molecule has 2 aromatic rings. The van der Waals surface area contributed by atoms with Crippen molar-refractivity contribution in [2.24, 2.45) is 0 Å². The van der Waals surface area contributed by atoms with Crippen molar-refractivity contribution in [1.29, 1.82) is 0 Å². The summed E-state index contributed by atoms with van der Waals surface area (Å²) in [4.78, 5) is 10.8. The highest BCUT2D eigenvalue weighted by molar-refractivity contribution is 6.30. The molecule has 9 heteroatoms. The molecule has 0 saturated heterocycles. The number of aromatic carboxylic acids is 1. The van der Waals surface area contributed by atoms with Gasteiger partial charge in [-0.05, 0) is 6.07 Å². The normalized spacial score (nSPS) is 11.1. The van der Waals surface area contributed by atoms with E-state index in [1.54, 1.807) is 0 Å². The minimum absolute atomic E-state index is 0.00115. The van der Waals surface area contributed by atoms with Gasteiger partial charge < -0.3 is 5.11 Å². The number of rotatable bonds is 4. The predicted molar refractivity (Wildman–Crippen MR) is 62.5 cm³/mol. The van der Waals surface area contributed by atoms with Crippen LogP contribution < -0.4 is 0 Å². The largest absolute Gasteiger partial charge is 0.476 e. The molecule has 0 radical (unpaired) electrons. The van der Waals surface area contributed by atoms with Crippen LogP contribution in [0.2, 0.25) is 5.02 Å². The number of halogens is 4. The van der Waals surface area contributed by atoms with Gasteiger partial charge >= 0.3 is 5.97 Å². The second-order valence-corrected chi connectivity index (χ2v) is 4.21. The lowest BCUT2D eigenvalue weighted by Crippen LogP contribution is -2.11. The van der Waals surface area contributed by atoms with Gasteiger partial charge in [-0.2, -0.15) is 0 Å². The molecule has 0 saturated carbocycles. The van der Waals surface area contributed by atoms with Crippen molar-refractivity contribution in [2.75, 3.05) is 0 Å². The minimum Gasteiger partial charge on any atom is -0.476 e. The fourth-order valence-electron chi connectivity index (χ4n) is 1.64. The van der Waals surface area contributed by atoms with E-state index in [0.29, 0.717) is 4.68 Å². The molecule has 0 bridgehead atoms.